The van der Waals surface area contributed by atoms with Gasteiger partial charge in [-0.3, -0.25) is 0 Å². The molecule has 0 radical (unpaired) electrons. The molecule has 0 fully saturated rings. The molecule has 0 spiro atoms. The number of carboxylic acid groups (broad SMARTS) is 1. The molecule has 0 aliphatic rings. The van der Waals surface area contributed by atoms with E-state index in [0.717, 1.165) is 0 Å². The molecule has 0 amide bonds. The molecule has 0 aliphatic heterocycles. The topological polar surface area (TPSA) is 105 Å². The normalized spacial score (nSPS) is 10.4. The summed E-state index contributed by atoms with van der Waals surface area (Å²) < 4.78 is 5.05. The summed E-state index contributed by atoms with van der Waals surface area (Å²) in [4.78, 5) is 11.2. The van der Waals surface area contributed by atoms with Gasteiger partial charge in [-0.1, -0.05) is 0 Å². The van der Waals surface area contributed by atoms with Gasteiger partial charge < -0.3 is 20.3 Å². The summed E-state index contributed by atoms with van der Waals surface area (Å²) in [5.41, 5.74) is 1.32. The number of rotatable bonds is 7. The average molecular weight is 255 g/mol. The number of carboxylic acids is 1. The molecule has 1 aromatic heterocycles. The van der Waals surface area contributed by atoms with E-state index >= 15 is 0 Å². The van der Waals surface area contributed by atoms with Crippen LogP contribution in [0.15, 0.2) is 0 Å². The number of aliphatic hydroxyl groups excluding tert-OH is 1. The van der Waals surface area contributed by atoms with E-state index in [9.17, 15) is 4.79 Å². The SMILES string of the molecule is Cc1nnc(NCCOCCO)c(C(=O)O)c1C. The number of hydrogen-bond donors (Lipinski definition) is 3. The van der Waals surface area contributed by atoms with Crippen molar-refractivity contribution < 1.29 is 19.7 Å². The van der Waals surface area contributed by atoms with E-state index in [1.165, 1.54) is 0 Å². The third-order valence-electron chi connectivity index (χ3n) is 2.44. The molecule has 18 heavy (non-hydrogen) atoms. The number of aryl methyl sites for hydroxylation is 1. The predicted molar refractivity (Wildman–Crippen MR) is 64.9 cm³/mol. The first kappa shape index (κ1) is 14.3. The van der Waals surface area contributed by atoms with Gasteiger partial charge in [-0.05, 0) is 19.4 Å². The van der Waals surface area contributed by atoms with Gasteiger partial charge in [0.1, 0.15) is 5.56 Å². The van der Waals surface area contributed by atoms with Gasteiger partial charge in [-0.15, -0.1) is 5.10 Å². The Hall–Kier alpha value is -1.73. The summed E-state index contributed by atoms with van der Waals surface area (Å²) in [6.07, 6.45) is 0. The van der Waals surface area contributed by atoms with Crippen molar-refractivity contribution in [3.63, 3.8) is 0 Å². The fraction of sp³-hybridized carbons (Fsp3) is 0.545. The number of nitrogens with zero attached hydrogens (tertiary/aromatic N) is 2. The van der Waals surface area contributed by atoms with Gasteiger partial charge in [0.15, 0.2) is 5.82 Å². The molecule has 0 unspecified atom stereocenters. The third-order valence-corrected chi connectivity index (χ3v) is 2.44. The zero-order chi connectivity index (χ0) is 13.5. The second-order valence-corrected chi connectivity index (χ2v) is 3.70. The van der Waals surface area contributed by atoms with Crippen molar-refractivity contribution in [3.8, 4) is 0 Å². The molecule has 7 nitrogen and oxygen atoms in total. The Bertz CT molecular complexity index is 423. The van der Waals surface area contributed by atoms with Gasteiger partial charge in [-0.2, -0.15) is 5.10 Å². The van der Waals surface area contributed by atoms with E-state index in [0.29, 0.717) is 24.4 Å². The minimum atomic E-state index is -1.04. The van der Waals surface area contributed by atoms with E-state index in [2.05, 4.69) is 15.5 Å². The van der Waals surface area contributed by atoms with Crippen LogP contribution in [0.2, 0.25) is 0 Å². The van der Waals surface area contributed by atoms with Crippen molar-refractivity contribution in [1.82, 2.24) is 10.2 Å². The van der Waals surface area contributed by atoms with Crippen LogP contribution in [0.3, 0.4) is 0 Å². The Kier molecular flexibility index (Phi) is 5.47. The Labute approximate surface area is 105 Å². The molecule has 0 aliphatic carbocycles. The predicted octanol–water partition coefficient (Wildman–Crippen LogP) is 0.212. The molecule has 0 bridgehead atoms. The van der Waals surface area contributed by atoms with Crippen LogP contribution in [0.5, 0.6) is 0 Å². The van der Waals surface area contributed by atoms with Gasteiger partial charge in [0.05, 0.1) is 25.5 Å². The smallest absolute Gasteiger partial charge is 0.339 e. The number of aromatic carboxylic acids is 1. The van der Waals surface area contributed by atoms with Crippen molar-refractivity contribution >= 4 is 11.8 Å². The molecule has 7 heteroatoms. The number of nitrogens with one attached hydrogen (secondary N) is 1. The lowest BCUT2D eigenvalue weighted by Gasteiger charge is -2.11. The molecule has 100 valence electrons. The fourth-order valence-electron chi connectivity index (χ4n) is 1.40. The maximum atomic E-state index is 11.2. The van der Waals surface area contributed by atoms with Gasteiger partial charge in [-0.25, -0.2) is 4.79 Å². The van der Waals surface area contributed by atoms with Crippen molar-refractivity contribution in [3.05, 3.63) is 16.8 Å². The van der Waals surface area contributed by atoms with Crippen molar-refractivity contribution in [1.29, 1.82) is 0 Å². The van der Waals surface area contributed by atoms with E-state index in [-0.39, 0.29) is 24.6 Å². The zero-order valence-electron chi connectivity index (χ0n) is 10.4. The van der Waals surface area contributed by atoms with E-state index < -0.39 is 5.97 Å². The molecule has 0 atom stereocenters. The van der Waals surface area contributed by atoms with E-state index in [1.54, 1.807) is 13.8 Å². The highest BCUT2D eigenvalue weighted by atomic mass is 16.5. The van der Waals surface area contributed by atoms with Crippen molar-refractivity contribution in [2.75, 3.05) is 31.7 Å². The Morgan fingerprint density at radius 3 is 2.67 bits per heavy atom. The lowest BCUT2D eigenvalue weighted by Crippen LogP contribution is -2.17. The standard InChI is InChI=1S/C11H17N3O4/c1-7-8(2)13-14-10(9(7)11(16)17)12-3-5-18-6-4-15/h15H,3-6H2,1-2H3,(H,12,14)(H,16,17). The van der Waals surface area contributed by atoms with Gasteiger partial charge in [0.2, 0.25) is 0 Å². The summed E-state index contributed by atoms with van der Waals surface area (Å²) in [5, 5.41) is 28.2. The highest BCUT2D eigenvalue weighted by Crippen LogP contribution is 2.17. The summed E-state index contributed by atoms with van der Waals surface area (Å²) >= 11 is 0. The van der Waals surface area contributed by atoms with E-state index in [4.69, 9.17) is 14.9 Å². The van der Waals surface area contributed by atoms with Crippen LogP contribution < -0.4 is 5.32 Å². The van der Waals surface area contributed by atoms with Crippen LogP contribution in [0.4, 0.5) is 5.82 Å². The second-order valence-electron chi connectivity index (χ2n) is 3.70. The molecule has 0 saturated carbocycles. The van der Waals surface area contributed by atoms with Crippen LogP contribution in [0.1, 0.15) is 21.6 Å². The van der Waals surface area contributed by atoms with Crippen molar-refractivity contribution in [2.45, 2.75) is 13.8 Å². The average Bonchev–Trinajstić information content (AvgIpc) is 2.33. The molecular weight excluding hydrogens is 238 g/mol. The number of aromatic nitrogens is 2. The first-order valence-corrected chi connectivity index (χ1v) is 5.57. The zero-order valence-corrected chi connectivity index (χ0v) is 10.4. The Balaban J connectivity index is 2.70. The first-order valence-electron chi connectivity index (χ1n) is 5.57. The fourth-order valence-corrected chi connectivity index (χ4v) is 1.40. The molecule has 1 rings (SSSR count). The summed E-state index contributed by atoms with van der Waals surface area (Å²) in [6.45, 7) is 4.38. The number of carbonyl (C=O) groups is 1. The molecular formula is C11H17N3O4. The number of hydrogen-bond acceptors (Lipinski definition) is 6. The maximum absolute atomic E-state index is 11.2. The minimum absolute atomic E-state index is 0.0379. The number of aliphatic hydroxyl groups is 1. The van der Waals surface area contributed by atoms with Crippen LogP contribution >= 0.6 is 0 Å². The van der Waals surface area contributed by atoms with Crippen molar-refractivity contribution in [2.24, 2.45) is 0 Å². The Morgan fingerprint density at radius 1 is 1.33 bits per heavy atom. The van der Waals surface area contributed by atoms with Crippen LogP contribution in [0.25, 0.3) is 0 Å². The van der Waals surface area contributed by atoms with Crippen LogP contribution in [0, 0.1) is 13.8 Å². The van der Waals surface area contributed by atoms with Gasteiger partial charge >= 0.3 is 5.97 Å². The molecule has 0 aromatic carbocycles. The van der Waals surface area contributed by atoms with E-state index in [1.807, 2.05) is 0 Å². The summed E-state index contributed by atoms with van der Waals surface area (Å²) in [6, 6.07) is 0. The summed E-state index contributed by atoms with van der Waals surface area (Å²) in [7, 11) is 0. The molecule has 0 saturated heterocycles. The second kappa shape index (κ2) is 6.87. The quantitative estimate of drug-likeness (QED) is 0.598. The molecule has 1 aromatic rings. The summed E-state index contributed by atoms with van der Waals surface area (Å²) in [5.74, 6) is -0.803. The minimum Gasteiger partial charge on any atom is -0.478 e. The number of anilines is 1. The molecule has 3 N–H and O–H groups in total. The maximum Gasteiger partial charge on any atom is 0.339 e. The van der Waals surface area contributed by atoms with Gasteiger partial charge in [0, 0.05) is 6.54 Å². The van der Waals surface area contributed by atoms with Crippen LogP contribution in [-0.4, -0.2) is 52.7 Å². The lowest BCUT2D eigenvalue weighted by molar-refractivity contribution is 0.0696. The van der Waals surface area contributed by atoms with Gasteiger partial charge in [0.25, 0.3) is 0 Å². The van der Waals surface area contributed by atoms with Crippen LogP contribution in [-0.2, 0) is 4.74 Å². The third kappa shape index (κ3) is 3.64. The highest BCUT2D eigenvalue weighted by Gasteiger charge is 2.17. The number of ether oxygens (including phenoxy) is 1. The Morgan fingerprint density at radius 2 is 2.06 bits per heavy atom. The first-order chi connectivity index (χ1) is 8.57. The molecule has 1 heterocycles. The lowest BCUT2D eigenvalue weighted by atomic mass is 10.1. The monoisotopic (exact) mass is 255 g/mol. The largest absolute Gasteiger partial charge is 0.478 e. The highest BCUT2D eigenvalue weighted by molar-refractivity contribution is 5.94.